The fourth-order valence-corrected chi connectivity index (χ4v) is 1.88. The standard InChI is InChI=1S/C13H21N/c1-3-8-13(4-2)14-11-12-9-6-5-7-10-12/h2,5-6,12-14H,3,7-11H2,1H3. The molecular formula is C13H21N. The van der Waals surface area contributed by atoms with Crippen molar-refractivity contribution in [1.29, 1.82) is 0 Å². The van der Waals surface area contributed by atoms with Crippen molar-refractivity contribution in [2.45, 2.75) is 45.1 Å². The third-order valence-corrected chi connectivity index (χ3v) is 2.81. The summed E-state index contributed by atoms with van der Waals surface area (Å²) in [4.78, 5) is 0. The molecule has 2 unspecified atom stereocenters. The van der Waals surface area contributed by atoms with Crippen molar-refractivity contribution in [1.82, 2.24) is 5.32 Å². The van der Waals surface area contributed by atoms with Gasteiger partial charge in [0.15, 0.2) is 0 Å². The normalized spacial score (nSPS) is 23.0. The summed E-state index contributed by atoms with van der Waals surface area (Å²) >= 11 is 0. The van der Waals surface area contributed by atoms with Gasteiger partial charge in [-0.25, -0.2) is 0 Å². The van der Waals surface area contributed by atoms with Crippen molar-refractivity contribution in [3.05, 3.63) is 12.2 Å². The summed E-state index contributed by atoms with van der Waals surface area (Å²) in [5, 5.41) is 3.47. The molecule has 0 radical (unpaired) electrons. The van der Waals surface area contributed by atoms with Crippen LogP contribution in [0.15, 0.2) is 12.2 Å². The highest BCUT2D eigenvalue weighted by atomic mass is 14.9. The highest BCUT2D eigenvalue weighted by Gasteiger charge is 2.11. The predicted octanol–water partition coefficient (Wildman–Crippen LogP) is 2.73. The van der Waals surface area contributed by atoms with Gasteiger partial charge in [-0.15, -0.1) is 6.42 Å². The number of hydrogen-bond acceptors (Lipinski definition) is 1. The van der Waals surface area contributed by atoms with Crippen LogP contribution in [0.1, 0.15) is 39.0 Å². The van der Waals surface area contributed by atoms with E-state index in [4.69, 9.17) is 6.42 Å². The first-order valence-electron chi connectivity index (χ1n) is 5.71. The SMILES string of the molecule is C#CC(CCC)NCC1CC=CCC1. The number of rotatable bonds is 5. The van der Waals surface area contributed by atoms with Gasteiger partial charge in [0.1, 0.15) is 0 Å². The Kier molecular flexibility index (Phi) is 5.40. The van der Waals surface area contributed by atoms with Crippen LogP contribution in [0.2, 0.25) is 0 Å². The molecule has 0 aromatic rings. The molecule has 0 aliphatic heterocycles. The van der Waals surface area contributed by atoms with Crippen LogP contribution in [0.3, 0.4) is 0 Å². The maximum Gasteiger partial charge on any atom is 0.0686 e. The Morgan fingerprint density at radius 3 is 3.00 bits per heavy atom. The van der Waals surface area contributed by atoms with E-state index in [2.05, 4.69) is 30.3 Å². The maximum absolute atomic E-state index is 5.45. The Morgan fingerprint density at radius 1 is 1.57 bits per heavy atom. The molecule has 1 nitrogen and oxygen atoms in total. The maximum atomic E-state index is 5.45. The van der Waals surface area contributed by atoms with E-state index in [0.29, 0.717) is 0 Å². The molecule has 0 aromatic carbocycles. The molecule has 1 aliphatic rings. The van der Waals surface area contributed by atoms with E-state index in [9.17, 15) is 0 Å². The highest BCUT2D eigenvalue weighted by Crippen LogP contribution is 2.17. The summed E-state index contributed by atoms with van der Waals surface area (Å²) in [6.07, 6.45) is 16.0. The third-order valence-electron chi connectivity index (χ3n) is 2.81. The molecule has 14 heavy (non-hydrogen) atoms. The zero-order valence-corrected chi connectivity index (χ0v) is 9.13. The molecule has 2 atom stereocenters. The van der Waals surface area contributed by atoms with E-state index < -0.39 is 0 Å². The van der Waals surface area contributed by atoms with Gasteiger partial charge in [0.25, 0.3) is 0 Å². The quantitative estimate of drug-likeness (QED) is 0.520. The zero-order chi connectivity index (χ0) is 10.2. The third kappa shape index (κ3) is 3.98. The van der Waals surface area contributed by atoms with Crippen LogP contribution < -0.4 is 5.32 Å². The van der Waals surface area contributed by atoms with Crippen LogP contribution in [0.5, 0.6) is 0 Å². The van der Waals surface area contributed by atoms with E-state index >= 15 is 0 Å². The van der Waals surface area contributed by atoms with Gasteiger partial charge in [-0.3, -0.25) is 0 Å². The summed E-state index contributed by atoms with van der Waals surface area (Å²) in [6.45, 7) is 3.26. The average Bonchev–Trinajstić information content (AvgIpc) is 2.25. The Hall–Kier alpha value is -0.740. The van der Waals surface area contributed by atoms with Gasteiger partial charge < -0.3 is 5.32 Å². The molecule has 0 fully saturated rings. The second-order valence-corrected chi connectivity index (χ2v) is 4.07. The lowest BCUT2D eigenvalue weighted by atomic mass is 9.94. The van der Waals surface area contributed by atoms with Gasteiger partial charge >= 0.3 is 0 Å². The van der Waals surface area contributed by atoms with E-state index in [1.54, 1.807) is 0 Å². The van der Waals surface area contributed by atoms with Gasteiger partial charge in [-0.2, -0.15) is 0 Å². The minimum Gasteiger partial charge on any atom is -0.303 e. The van der Waals surface area contributed by atoms with Crippen LogP contribution in [0.4, 0.5) is 0 Å². The molecule has 1 aliphatic carbocycles. The summed E-state index contributed by atoms with van der Waals surface area (Å²) in [5.41, 5.74) is 0. The Labute approximate surface area is 88.0 Å². The summed E-state index contributed by atoms with van der Waals surface area (Å²) in [6, 6.07) is 0.283. The lowest BCUT2D eigenvalue weighted by Crippen LogP contribution is -2.32. The molecule has 78 valence electrons. The van der Waals surface area contributed by atoms with Gasteiger partial charge in [0, 0.05) is 0 Å². The Balaban J connectivity index is 2.18. The van der Waals surface area contributed by atoms with Crippen LogP contribution in [-0.4, -0.2) is 12.6 Å². The molecule has 0 amide bonds. The van der Waals surface area contributed by atoms with Gasteiger partial charge in [0.2, 0.25) is 0 Å². The molecular weight excluding hydrogens is 170 g/mol. The Bertz CT molecular complexity index is 212. The van der Waals surface area contributed by atoms with Gasteiger partial charge in [0.05, 0.1) is 6.04 Å². The molecule has 0 saturated heterocycles. The number of nitrogens with one attached hydrogen (secondary N) is 1. The highest BCUT2D eigenvalue weighted by molar-refractivity contribution is 4.99. The van der Waals surface area contributed by atoms with Gasteiger partial charge in [-0.1, -0.05) is 31.4 Å². The lowest BCUT2D eigenvalue weighted by molar-refractivity contribution is 0.418. The second-order valence-electron chi connectivity index (χ2n) is 4.07. The minimum absolute atomic E-state index is 0.283. The van der Waals surface area contributed by atoms with Crippen molar-refractivity contribution in [3.8, 4) is 12.3 Å². The first-order valence-corrected chi connectivity index (χ1v) is 5.71. The van der Waals surface area contributed by atoms with E-state index in [1.165, 1.54) is 19.3 Å². The second kappa shape index (κ2) is 6.68. The molecule has 1 rings (SSSR count). The van der Waals surface area contributed by atoms with Crippen molar-refractivity contribution >= 4 is 0 Å². The largest absolute Gasteiger partial charge is 0.303 e. The molecule has 0 aromatic heterocycles. The molecule has 1 heteroatoms. The topological polar surface area (TPSA) is 12.0 Å². The Morgan fingerprint density at radius 2 is 2.43 bits per heavy atom. The summed E-state index contributed by atoms with van der Waals surface area (Å²) < 4.78 is 0. The number of hydrogen-bond donors (Lipinski definition) is 1. The van der Waals surface area contributed by atoms with Crippen LogP contribution in [0.25, 0.3) is 0 Å². The van der Waals surface area contributed by atoms with Gasteiger partial charge in [-0.05, 0) is 38.1 Å². The van der Waals surface area contributed by atoms with Crippen molar-refractivity contribution < 1.29 is 0 Å². The number of terminal acetylenes is 1. The van der Waals surface area contributed by atoms with E-state index in [0.717, 1.165) is 25.3 Å². The van der Waals surface area contributed by atoms with E-state index in [-0.39, 0.29) is 6.04 Å². The van der Waals surface area contributed by atoms with Crippen molar-refractivity contribution in [3.63, 3.8) is 0 Å². The zero-order valence-electron chi connectivity index (χ0n) is 9.13. The summed E-state index contributed by atoms with van der Waals surface area (Å²) in [5.74, 6) is 3.61. The molecule has 0 saturated carbocycles. The summed E-state index contributed by atoms with van der Waals surface area (Å²) in [7, 11) is 0. The first-order chi connectivity index (χ1) is 6.86. The molecule has 0 spiro atoms. The first kappa shape index (κ1) is 11.3. The van der Waals surface area contributed by atoms with Crippen LogP contribution in [-0.2, 0) is 0 Å². The monoisotopic (exact) mass is 191 g/mol. The van der Waals surface area contributed by atoms with Crippen molar-refractivity contribution in [2.24, 2.45) is 5.92 Å². The fraction of sp³-hybridized carbons (Fsp3) is 0.692. The number of allylic oxidation sites excluding steroid dienone is 2. The molecule has 1 N–H and O–H groups in total. The smallest absolute Gasteiger partial charge is 0.0686 e. The van der Waals surface area contributed by atoms with Crippen molar-refractivity contribution in [2.75, 3.05) is 6.54 Å². The molecule has 0 heterocycles. The fourth-order valence-electron chi connectivity index (χ4n) is 1.88. The van der Waals surface area contributed by atoms with Crippen LogP contribution >= 0.6 is 0 Å². The lowest BCUT2D eigenvalue weighted by Gasteiger charge is -2.20. The average molecular weight is 191 g/mol. The van der Waals surface area contributed by atoms with E-state index in [1.807, 2.05) is 0 Å². The minimum atomic E-state index is 0.283. The predicted molar refractivity (Wildman–Crippen MR) is 62.0 cm³/mol. The molecule has 0 bridgehead atoms. The van der Waals surface area contributed by atoms with Crippen LogP contribution in [0, 0.1) is 18.3 Å².